The van der Waals surface area contributed by atoms with Crippen molar-refractivity contribution in [3.05, 3.63) is 0 Å². The minimum Gasteiger partial charge on any atom is -0.480 e. The number of unbranched alkanes of at least 4 members (excludes halogenated alkanes) is 1. The van der Waals surface area contributed by atoms with Crippen LogP contribution in [0.25, 0.3) is 0 Å². The first-order chi connectivity index (χ1) is 9.38. The summed E-state index contributed by atoms with van der Waals surface area (Å²) in [6, 6.07) is 0. The monoisotopic (exact) mass is 285 g/mol. The Morgan fingerprint density at radius 3 is 2.05 bits per heavy atom. The normalized spacial score (nSPS) is 15.9. The lowest BCUT2D eigenvalue weighted by molar-refractivity contribution is -0.163. The van der Waals surface area contributed by atoms with Crippen molar-refractivity contribution in [2.75, 3.05) is 13.1 Å². The van der Waals surface area contributed by atoms with Crippen LogP contribution in [0, 0.1) is 5.41 Å². The molecule has 0 aliphatic carbocycles. The van der Waals surface area contributed by atoms with E-state index in [0.29, 0.717) is 19.3 Å². The SMILES string of the molecule is CC(CCCCC(=O)N1CCCCC1)(C(=O)O)C(=O)O. The zero-order valence-electron chi connectivity index (χ0n) is 11.9. The van der Waals surface area contributed by atoms with Gasteiger partial charge in [0.15, 0.2) is 5.41 Å². The van der Waals surface area contributed by atoms with E-state index in [2.05, 4.69) is 0 Å². The van der Waals surface area contributed by atoms with Crippen LogP contribution in [0.15, 0.2) is 0 Å². The van der Waals surface area contributed by atoms with Crippen LogP contribution < -0.4 is 0 Å². The summed E-state index contributed by atoms with van der Waals surface area (Å²) in [5.74, 6) is -2.56. The van der Waals surface area contributed by atoms with Crippen LogP contribution in [0.4, 0.5) is 0 Å². The minimum atomic E-state index is -1.76. The van der Waals surface area contributed by atoms with E-state index in [9.17, 15) is 14.4 Å². The lowest BCUT2D eigenvalue weighted by Gasteiger charge is -2.27. The summed E-state index contributed by atoms with van der Waals surface area (Å²) >= 11 is 0. The molecule has 6 nitrogen and oxygen atoms in total. The molecule has 0 unspecified atom stereocenters. The first-order valence-corrected chi connectivity index (χ1v) is 7.12. The van der Waals surface area contributed by atoms with Crippen molar-refractivity contribution < 1.29 is 24.6 Å². The molecule has 114 valence electrons. The van der Waals surface area contributed by atoms with E-state index < -0.39 is 17.4 Å². The Hall–Kier alpha value is -1.59. The molecule has 0 aromatic rings. The maximum Gasteiger partial charge on any atom is 0.320 e. The molecule has 6 heteroatoms. The van der Waals surface area contributed by atoms with Gasteiger partial charge in [0.25, 0.3) is 0 Å². The van der Waals surface area contributed by atoms with Gasteiger partial charge in [0, 0.05) is 19.5 Å². The molecule has 1 saturated heterocycles. The largest absolute Gasteiger partial charge is 0.480 e. The highest BCUT2D eigenvalue weighted by atomic mass is 16.4. The fourth-order valence-corrected chi connectivity index (χ4v) is 2.36. The lowest BCUT2D eigenvalue weighted by atomic mass is 9.85. The number of aliphatic carboxylic acids is 2. The molecule has 1 aliphatic rings. The second-order valence-electron chi connectivity index (χ2n) is 5.59. The van der Waals surface area contributed by atoms with Gasteiger partial charge in [-0.15, -0.1) is 0 Å². The van der Waals surface area contributed by atoms with Gasteiger partial charge in [-0.2, -0.15) is 0 Å². The van der Waals surface area contributed by atoms with E-state index in [-0.39, 0.29) is 12.3 Å². The number of likely N-dealkylation sites (tertiary alicyclic amines) is 1. The van der Waals surface area contributed by atoms with Gasteiger partial charge in [-0.1, -0.05) is 6.42 Å². The first-order valence-electron chi connectivity index (χ1n) is 7.12. The van der Waals surface area contributed by atoms with Crippen molar-refractivity contribution in [2.45, 2.75) is 51.9 Å². The highest BCUT2D eigenvalue weighted by Gasteiger charge is 2.40. The highest BCUT2D eigenvalue weighted by Crippen LogP contribution is 2.25. The summed E-state index contributed by atoms with van der Waals surface area (Å²) in [6.45, 7) is 2.83. The average Bonchev–Trinajstić information content (AvgIpc) is 2.43. The van der Waals surface area contributed by atoms with Crippen molar-refractivity contribution in [2.24, 2.45) is 5.41 Å². The molecule has 1 fully saturated rings. The zero-order valence-corrected chi connectivity index (χ0v) is 11.9. The number of amides is 1. The fraction of sp³-hybridized carbons (Fsp3) is 0.786. The molecule has 0 aromatic carbocycles. The third-order valence-corrected chi connectivity index (χ3v) is 3.97. The quantitative estimate of drug-likeness (QED) is 0.548. The van der Waals surface area contributed by atoms with Crippen molar-refractivity contribution in [1.29, 1.82) is 0 Å². The van der Waals surface area contributed by atoms with Crippen molar-refractivity contribution in [3.63, 3.8) is 0 Å². The number of piperidine rings is 1. The molecule has 20 heavy (non-hydrogen) atoms. The fourth-order valence-electron chi connectivity index (χ4n) is 2.36. The van der Waals surface area contributed by atoms with Crippen molar-refractivity contribution >= 4 is 17.8 Å². The third-order valence-electron chi connectivity index (χ3n) is 3.97. The summed E-state index contributed by atoms with van der Waals surface area (Å²) in [7, 11) is 0. The Balaban J connectivity index is 2.31. The molecule has 0 saturated carbocycles. The molecule has 1 aliphatic heterocycles. The molecular weight excluding hydrogens is 262 g/mol. The van der Waals surface area contributed by atoms with Crippen molar-refractivity contribution in [3.8, 4) is 0 Å². The van der Waals surface area contributed by atoms with Gasteiger partial charge in [0.1, 0.15) is 0 Å². The van der Waals surface area contributed by atoms with Crippen LogP contribution in [-0.2, 0) is 14.4 Å². The minimum absolute atomic E-state index is 0.0466. The van der Waals surface area contributed by atoms with Gasteiger partial charge in [-0.3, -0.25) is 14.4 Å². The molecule has 1 amide bonds. The number of carbonyl (C=O) groups excluding carboxylic acids is 1. The number of carboxylic acids is 2. The standard InChI is InChI=1S/C14H23NO5/c1-14(12(17)18,13(19)20)8-4-3-7-11(16)15-9-5-2-6-10-15/h2-10H2,1H3,(H,17,18)(H,19,20). The van der Waals surface area contributed by atoms with Gasteiger partial charge in [0.2, 0.25) is 5.91 Å². The topological polar surface area (TPSA) is 94.9 Å². The van der Waals surface area contributed by atoms with Crippen LogP contribution >= 0.6 is 0 Å². The maximum atomic E-state index is 11.9. The van der Waals surface area contributed by atoms with Crippen molar-refractivity contribution in [1.82, 2.24) is 4.90 Å². The van der Waals surface area contributed by atoms with E-state index in [1.807, 2.05) is 4.90 Å². The molecular formula is C14H23NO5. The Bertz CT molecular complexity index is 360. The van der Waals surface area contributed by atoms with Crippen LogP contribution in [0.1, 0.15) is 51.9 Å². The molecule has 0 atom stereocenters. The van der Waals surface area contributed by atoms with Crippen LogP contribution in [0.5, 0.6) is 0 Å². The Morgan fingerprint density at radius 2 is 1.55 bits per heavy atom. The Kier molecular flexibility index (Phi) is 5.98. The molecule has 1 rings (SSSR count). The molecule has 1 heterocycles. The average molecular weight is 285 g/mol. The van der Waals surface area contributed by atoms with Gasteiger partial charge < -0.3 is 15.1 Å². The first kappa shape index (κ1) is 16.5. The van der Waals surface area contributed by atoms with Gasteiger partial charge in [-0.05, 0) is 39.0 Å². The smallest absolute Gasteiger partial charge is 0.320 e. The summed E-state index contributed by atoms with van der Waals surface area (Å²) < 4.78 is 0. The van der Waals surface area contributed by atoms with Gasteiger partial charge >= 0.3 is 11.9 Å². The van der Waals surface area contributed by atoms with Crippen LogP contribution in [-0.4, -0.2) is 46.0 Å². The van der Waals surface area contributed by atoms with E-state index in [1.165, 1.54) is 13.3 Å². The number of carbonyl (C=O) groups is 3. The number of hydrogen-bond donors (Lipinski definition) is 2. The van der Waals surface area contributed by atoms with Crippen LogP contribution in [0.3, 0.4) is 0 Å². The number of carboxylic acid groups (broad SMARTS) is 2. The predicted molar refractivity (Wildman–Crippen MR) is 72.3 cm³/mol. The maximum absolute atomic E-state index is 11.9. The predicted octanol–water partition coefficient (Wildman–Crippen LogP) is 1.73. The van der Waals surface area contributed by atoms with Gasteiger partial charge in [0.05, 0.1) is 0 Å². The summed E-state index contributed by atoms with van der Waals surface area (Å²) in [5, 5.41) is 17.9. The van der Waals surface area contributed by atoms with E-state index in [1.54, 1.807) is 0 Å². The van der Waals surface area contributed by atoms with Gasteiger partial charge in [-0.25, -0.2) is 0 Å². The molecule has 0 aromatic heterocycles. The Labute approximate surface area is 118 Å². The van der Waals surface area contributed by atoms with E-state index >= 15 is 0 Å². The second-order valence-corrected chi connectivity index (χ2v) is 5.59. The highest BCUT2D eigenvalue weighted by molar-refractivity contribution is 5.97. The zero-order chi connectivity index (χ0) is 15.2. The Morgan fingerprint density at radius 1 is 1.00 bits per heavy atom. The van der Waals surface area contributed by atoms with E-state index in [4.69, 9.17) is 10.2 Å². The number of nitrogens with zero attached hydrogens (tertiary/aromatic N) is 1. The molecule has 2 N–H and O–H groups in total. The lowest BCUT2D eigenvalue weighted by Crippen LogP contribution is -2.37. The third kappa shape index (κ3) is 4.21. The second kappa shape index (κ2) is 7.26. The summed E-state index contributed by atoms with van der Waals surface area (Å²) in [5.41, 5.74) is -1.76. The summed E-state index contributed by atoms with van der Waals surface area (Å²) in [6.07, 6.45) is 4.63. The molecule has 0 spiro atoms. The van der Waals surface area contributed by atoms with Crippen LogP contribution in [0.2, 0.25) is 0 Å². The number of hydrogen-bond acceptors (Lipinski definition) is 3. The molecule has 0 bridgehead atoms. The van der Waals surface area contributed by atoms with E-state index in [0.717, 1.165) is 25.9 Å². The number of rotatable bonds is 7. The molecule has 0 radical (unpaired) electrons. The summed E-state index contributed by atoms with van der Waals surface area (Å²) in [4.78, 5) is 35.7.